The molecule has 12 heavy (non-hydrogen) atoms. The smallest absolute Gasteiger partial charge is 0.177 e. The lowest BCUT2D eigenvalue weighted by molar-refractivity contribution is 0.601. The van der Waals surface area contributed by atoms with Gasteiger partial charge in [-0.1, -0.05) is 0 Å². The number of nitrogens with zero attached hydrogens (tertiary/aromatic N) is 1. The van der Waals surface area contributed by atoms with Crippen molar-refractivity contribution in [2.75, 3.05) is 6.26 Å². The van der Waals surface area contributed by atoms with Crippen molar-refractivity contribution in [3.63, 3.8) is 0 Å². The zero-order valence-electron chi connectivity index (χ0n) is 6.70. The van der Waals surface area contributed by atoms with Crippen molar-refractivity contribution in [3.05, 3.63) is 22.4 Å². The molecule has 0 N–H and O–H groups in total. The number of sulfone groups is 1. The average molecular weight is 250 g/mol. The highest BCUT2D eigenvalue weighted by Crippen LogP contribution is 2.16. The van der Waals surface area contributed by atoms with E-state index in [1.807, 2.05) is 0 Å². The third-order valence-electron chi connectivity index (χ3n) is 1.42. The first-order valence-electron chi connectivity index (χ1n) is 3.23. The van der Waals surface area contributed by atoms with Crippen molar-refractivity contribution in [3.8, 4) is 0 Å². The number of hydrogen-bond acceptors (Lipinski definition) is 3. The van der Waals surface area contributed by atoms with Crippen LogP contribution in [-0.4, -0.2) is 19.7 Å². The summed E-state index contributed by atoms with van der Waals surface area (Å²) in [7, 11) is -3.13. The van der Waals surface area contributed by atoms with Gasteiger partial charge in [-0.05, 0) is 34.5 Å². The van der Waals surface area contributed by atoms with Crippen molar-refractivity contribution < 1.29 is 8.42 Å². The number of rotatable bonds is 1. The molecule has 0 fully saturated rings. The van der Waals surface area contributed by atoms with Crippen LogP contribution in [0.15, 0.2) is 21.8 Å². The number of aryl methyl sites for hydroxylation is 1. The second-order valence-electron chi connectivity index (χ2n) is 2.55. The van der Waals surface area contributed by atoms with Crippen molar-refractivity contribution in [2.24, 2.45) is 0 Å². The van der Waals surface area contributed by atoms with Crippen LogP contribution >= 0.6 is 15.9 Å². The van der Waals surface area contributed by atoms with E-state index < -0.39 is 9.84 Å². The standard InChI is InChI=1S/C7H8BrNO2S/c1-5-3-6(12(2,10)11)4-9-7(5)8/h3-4H,1-2H3. The van der Waals surface area contributed by atoms with Gasteiger partial charge in [0.15, 0.2) is 9.84 Å². The minimum Gasteiger partial charge on any atom is -0.248 e. The highest BCUT2D eigenvalue weighted by molar-refractivity contribution is 9.10. The van der Waals surface area contributed by atoms with Gasteiger partial charge in [0, 0.05) is 12.5 Å². The van der Waals surface area contributed by atoms with Gasteiger partial charge in [0.05, 0.1) is 4.90 Å². The molecule has 0 bridgehead atoms. The predicted octanol–water partition coefficient (Wildman–Crippen LogP) is 1.56. The lowest BCUT2D eigenvalue weighted by Crippen LogP contribution is -1.98. The summed E-state index contributed by atoms with van der Waals surface area (Å²) in [6.45, 7) is 1.80. The Hall–Kier alpha value is -0.420. The van der Waals surface area contributed by atoms with E-state index >= 15 is 0 Å². The molecule has 0 saturated heterocycles. The fraction of sp³-hybridized carbons (Fsp3) is 0.286. The van der Waals surface area contributed by atoms with E-state index in [1.165, 1.54) is 6.20 Å². The van der Waals surface area contributed by atoms with Crippen LogP contribution < -0.4 is 0 Å². The molecule has 0 saturated carbocycles. The first-order chi connectivity index (χ1) is 5.41. The van der Waals surface area contributed by atoms with E-state index in [9.17, 15) is 8.42 Å². The van der Waals surface area contributed by atoms with Gasteiger partial charge < -0.3 is 0 Å². The lowest BCUT2D eigenvalue weighted by Gasteiger charge is -2.00. The van der Waals surface area contributed by atoms with Crippen LogP contribution in [0, 0.1) is 6.92 Å². The summed E-state index contributed by atoms with van der Waals surface area (Å²) in [5, 5.41) is 0. The quantitative estimate of drug-likeness (QED) is 0.710. The summed E-state index contributed by atoms with van der Waals surface area (Å²) < 4.78 is 22.8. The van der Waals surface area contributed by atoms with Gasteiger partial charge in [0.2, 0.25) is 0 Å². The van der Waals surface area contributed by atoms with E-state index in [1.54, 1.807) is 13.0 Å². The zero-order valence-corrected chi connectivity index (χ0v) is 9.11. The summed E-state index contributed by atoms with van der Waals surface area (Å²) in [5.41, 5.74) is 0.818. The molecular formula is C7H8BrNO2S. The number of aromatic nitrogens is 1. The van der Waals surface area contributed by atoms with E-state index in [0.717, 1.165) is 11.8 Å². The maximum atomic E-state index is 11.0. The summed E-state index contributed by atoms with van der Waals surface area (Å²) in [6, 6.07) is 1.59. The van der Waals surface area contributed by atoms with Gasteiger partial charge in [-0.15, -0.1) is 0 Å². The zero-order chi connectivity index (χ0) is 9.35. The molecule has 1 rings (SSSR count). The Bertz CT molecular complexity index is 400. The number of halogens is 1. The fourth-order valence-electron chi connectivity index (χ4n) is 0.735. The normalized spacial score (nSPS) is 11.6. The van der Waals surface area contributed by atoms with Crippen molar-refractivity contribution in [2.45, 2.75) is 11.8 Å². The molecule has 0 spiro atoms. The topological polar surface area (TPSA) is 47.0 Å². The van der Waals surface area contributed by atoms with Crippen LogP contribution in [0.1, 0.15) is 5.56 Å². The molecule has 5 heteroatoms. The highest BCUT2D eigenvalue weighted by atomic mass is 79.9. The van der Waals surface area contributed by atoms with Crippen LogP contribution in [-0.2, 0) is 9.84 Å². The molecule has 1 heterocycles. The van der Waals surface area contributed by atoms with Gasteiger partial charge in [0.25, 0.3) is 0 Å². The third kappa shape index (κ3) is 2.04. The molecule has 1 aromatic rings. The van der Waals surface area contributed by atoms with Gasteiger partial charge in [-0.25, -0.2) is 13.4 Å². The lowest BCUT2D eigenvalue weighted by atomic mass is 10.3. The minimum absolute atomic E-state index is 0.253. The first-order valence-corrected chi connectivity index (χ1v) is 5.92. The van der Waals surface area contributed by atoms with Crippen LogP contribution in [0.25, 0.3) is 0 Å². The first kappa shape index (κ1) is 9.67. The fourth-order valence-corrected chi connectivity index (χ4v) is 1.59. The molecule has 0 amide bonds. The van der Waals surface area contributed by atoms with E-state index in [2.05, 4.69) is 20.9 Å². The Kier molecular flexibility index (Phi) is 2.53. The van der Waals surface area contributed by atoms with Crippen molar-refractivity contribution in [1.29, 1.82) is 0 Å². The van der Waals surface area contributed by atoms with Gasteiger partial charge in [-0.3, -0.25) is 0 Å². The van der Waals surface area contributed by atoms with E-state index in [0.29, 0.717) is 4.60 Å². The maximum Gasteiger partial charge on any atom is 0.177 e. The maximum absolute atomic E-state index is 11.0. The van der Waals surface area contributed by atoms with E-state index in [-0.39, 0.29) is 4.90 Å². The molecular weight excluding hydrogens is 242 g/mol. The van der Waals surface area contributed by atoms with Crippen molar-refractivity contribution in [1.82, 2.24) is 4.98 Å². The van der Waals surface area contributed by atoms with E-state index in [4.69, 9.17) is 0 Å². The molecule has 0 atom stereocenters. The monoisotopic (exact) mass is 249 g/mol. The van der Waals surface area contributed by atoms with Gasteiger partial charge in [0.1, 0.15) is 4.60 Å². The van der Waals surface area contributed by atoms with Crippen LogP contribution in [0.3, 0.4) is 0 Å². The molecule has 0 aliphatic rings. The number of pyridine rings is 1. The Labute approximate surface area is 79.9 Å². The summed E-state index contributed by atoms with van der Waals surface area (Å²) in [6.07, 6.45) is 2.50. The Morgan fingerprint density at radius 1 is 1.50 bits per heavy atom. The predicted molar refractivity (Wildman–Crippen MR) is 49.8 cm³/mol. The Balaban J connectivity index is 3.33. The van der Waals surface area contributed by atoms with Crippen LogP contribution in [0.5, 0.6) is 0 Å². The van der Waals surface area contributed by atoms with Crippen LogP contribution in [0.4, 0.5) is 0 Å². The molecule has 0 unspecified atom stereocenters. The average Bonchev–Trinajstić information content (AvgIpc) is 1.92. The summed E-state index contributed by atoms with van der Waals surface area (Å²) in [5.74, 6) is 0. The molecule has 3 nitrogen and oxygen atoms in total. The Morgan fingerprint density at radius 2 is 2.08 bits per heavy atom. The largest absolute Gasteiger partial charge is 0.248 e. The summed E-state index contributed by atoms with van der Waals surface area (Å²) in [4.78, 5) is 4.14. The summed E-state index contributed by atoms with van der Waals surface area (Å²) >= 11 is 3.19. The third-order valence-corrected chi connectivity index (χ3v) is 3.33. The molecule has 1 aromatic heterocycles. The second kappa shape index (κ2) is 3.14. The molecule has 0 aliphatic carbocycles. The van der Waals surface area contributed by atoms with Crippen molar-refractivity contribution >= 4 is 25.8 Å². The van der Waals surface area contributed by atoms with Gasteiger partial charge in [-0.2, -0.15) is 0 Å². The number of hydrogen-bond donors (Lipinski definition) is 0. The molecule has 0 aromatic carbocycles. The molecule has 66 valence electrons. The molecule has 0 radical (unpaired) electrons. The van der Waals surface area contributed by atoms with Crippen LogP contribution in [0.2, 0.25) is 0 Å². The Morgan fingerprint density at radius 3 is 2.50 bits per heavy atom. The highest BCUT2D eigenvalue weighted by Gasteiger charge is 2.08. The second-order valence-corrected chi connectivity index (χ2v) is 5.32. The SMILES string of the molecule is Cc1cc(S(C)(=O)=O)cnc1Br. The molecule has 0 aliphatic heterocycles. The minimum atomic E-state index is -3.13. The van der Waals surface area contributed by atoms with Gasteiger partial charge >= 0.3 is 0 Å².